The molecule has 3 fully saturated rings. The molecular formula is C20H27FN2O4S. The lowest BCUT2D eigenvalue weighted by Gasteiger charge is -2.28. The molecule has 154 valence electrons. The van der Waals surface area contributed by atoms with Crippen LogP contribution in [-0.4, -0.2) is 51.0 Å². The van der Waals surface area contributed by atoms with E-state index >= 15 is 0 Å². The zero-order chi connectivity index (χ0) is 19.9. The number of amides is 1. The van der Waals surface area contributed by atoms with Crippen LogP contribution in [-0.2, 0) is 14.8 Å². The van der Waals surface area contributed by atoms with E-state index in [2.05, 4.69) is 5.32 Å². The summed E-state index contributed by atoms with van der Waals surface area (Å²) in [7, 11) is -4.00. The van der Waals surface area contributed by atoms with E-state index in [0.29, 0.717) is 11.8 Å². The molecular weight excluding hydrogens is 383 g/mol. The second kappa shape index (κ2) is 7.72. The van der Waals surface area contributed by atoms with Gasteiger partial charge in [-0.2, -0.15) is 4.31 Å². The first kappa shape index (κ1) is 19.8. The number of nitrogens with zero attached hydrogens (tertiary/aromatic N) is 1. The lowest BCUT2D eigenvalue weighted by molar-refractivity contribution is 0.0729. The highest BCUT2D eigenvalue weighted by molar-refractivity contribution is 7.89. The topological polar surface area (TPSA) is 75.7 Å². The number of ether oxygens (including phenoxy) is 1. The van der Waals surface area contributed by atoms with Crippen molar-refractivity contribution in [3.05, 3.63) is 29.6 Å². The predicted octanol–water partition coefficient (Wildman–Crippen LogP) is 2.40. The number of carbonyl (C=O) groups is 1. The Morgan fingerprint density at radius 1 is 1.25 bits per heavy atom. The Hall–Kier alpha value is -1.51. The summed E-state index contributed by atoms with van der Waals surface area (Å²) < 4.78 is 46.3. The Morgan fingerprint density at radius 3 is 2.64 bits per heavy atom. The molecule has 6 nitrogen and oxygen atoms in total. The van der Waals surface area contributed by atoms with Gasteiger partial charge in [0.1, 0.15) is 10.7 Å². The quantitative estimate of drug-likeness (QED) is 0.809. The molecule has 0 radical (unpaired) electrons. The lowest BCUT2D eigenvalue weighted by Crippen LogP contribution is -2.41. The molecule has 2 bridgehead atoms. The van der Waals surface area contributed by atoms with E-state index in [1.807, 2.05) is 6.92 Å². The third-order valence-corrected chi connectivity index (χ3v) is 8.49. The molecule has 1 heterocycles. The third kappa shape index (κ3) is 3.69. The van der Waals surface area contributed by atoms with Crippen molar-refractivity contribution in [3.63, 3.8) is 0 Å². The lowest BCUT2D eigenvalue weighted by atomic mass is 9.84. The maximum absolute atomic E-state index is 14.3. The molecule has 0 aromatic heterocycles. The highest BCUT2D eigenvalue weighted by atomic mass is 32.2. The number of sulfonamides is 1. The monoisotopic (exact) mass is 410 g/mol. The number of halogens is 1. The fraction of sp³-hybridized carbons (Fsp3) is 0.650. The molecule has 1 amide bonds. The number of nitrogens with one attached hydrogen (secondary N) is 1. The highest BCUT2D eigenvalue weighted by Gasteiger charge is 2.42. The zero-order valence-corrected chi connectivity index (χ0v) is 16.9. The normalized spacial score (nSPS) is 29.0. The highest BCUT2D eigenvalue weighted by Crippen LogP contribution is 2.49. The van der Waals surface area contributed by atoms with Crippen LogP contribution in [0.4, 0.5) is 4.39 Å². The third-order valence-electron chi connectivity index (χ3n) is 6.58. The molecule has 4 atom stereocenters. The molecule has 28 heavy (non-hydrogen) atoms. The molecule has 0 unspecified atom stereocenters. The van der Waals surface area contributed by atoms with Gasteiger partial charge < -0.3 is 10.1 Å². The number of hydrogen-bond acceptors (Lipinski definition) is 4. The molecule has 0 spiro atoms. The minimum absolute atomic E-state index is 0.0205. The molecule has 1 aliphatic heterocycles. The number of benzene rings is 1. The molecule has 1 N–H and O–H groups in total. The number of morpholine rings is 1. The first-order chi connectivity index (χ1) is 13.4. The average Bonchev–Trinajstić information content (AvgIpc) is 3.32. The Balaban J connectivity index is 1.50. The van der Waals surface area contributed by atoms with E-state index < -0.39 is 20.7 Å². The van der Waals surface area contributed by atoms with Crippen LogP contribution in [0.5, 0.6) is 0 Å². The Morgan fingerprint density at radius 2 is 2.00 bits per heavy atom. The molecule has 1 aromatic carbocycles. The van der Waals surface area contributed by atoms with Gasteiger partial charge in [0, 0.05) is 24.7 Å². The van der Waals surface area contributed by atoms with Crippen LogP contribution >= 0.6 is 0 Å². The Labute approximate surface area is 165 Å². The molecule has 4 rings (SSSR count). The van der Waals surface area contributed by atoms with Gasteiger partial charge in [0.15, 0.2) is 0 Å². The van der Waals surface area contributed by atoms with E-state index in [1.54, 1.807) is 0 Å². The Bertz CT molecular complexity index is 854. The van der Waals surface area contributed by atoms with Gasteiger partial charge in [-0.15, -0.1) is 0 Å². The summed E-state index contributed by atoms with van der Waals surface area (Å²) in [4.78, 5) is 12.3. The van der Waals surface area contributed by atoms with Gasteiger partial charge in [0.05, 0.1) is 13.2 Å². The fourth-order valence-corrected chi connectivity index (χ4v) is 6.57. The van der Waals surface area contributed by atoms with Crippen LogP contribution in [0, 0.1) is 23.6 Å². The standard InChI is InChI=1S/C20H27FN2O4S/c1-13(17-11-14-2-3-15(17)10-14)22-20(24)16-4-5-18(21)19(12-16)28(25,26)23-6-8-27-9-7-23/h4-5,12-15,17H,2-3,6-11H2,1H3,(H,22,24)/t13-,14-,15-,17+/m0/s1. The predicted molar refractivity (Wildman–Crippen MR) is 102 cm³/mol. The average molecular weight is 411 g/mol. The maximum Gasteiger partial charge on any atom is 0.251 e. The van der Waals surface area contributed by atoms with Gasteiger partial charge in [-0.25, -0.2) is 12.8 Å². The summed E-state index contributed by atoms with van der Waals surface area (Å²) >= 11 is 0. The number of rotatable bonds is 5. The van der Waals surface area contributed by atoms with Crippen LogP contribution in [0.3, 0.4) is 0 Å². The van der Waals surface area contributed by atoms with Crippen LogP contribution in [0.15, 0.2) is 23.1 Å². The molecule has 1 aromatic rings. The van der Waals surface area contributed by atoms with Crippen molar-refractivity contribution in [2.45, 2.75) is 43.5 Å². The smallest absolute Gasteiger partial charge is 0.251 e. The fourth-order valence-electron chi connectivity index (χ4n) is 5.07. The number of hydrogen-bond donors (Lipinski definition) is 1. The minimum atomic E-state index is -4.00. The van der Waals surface area contributed by atoms with E-state index in [1.165, 1.54) is 29.6 Å². The second-order valence-electron chi connectivity index (χ2n) is 8.26. The largest absolute Gasteiger partial charge is 0.379 e. The summed E-state index contributed by atoms with van der Waals surface area (Å²) in [6, 6.07) is 3.58. The summed E-state index contributed by atoms with van der Waals surface area (Å²) in [5.41, 5.74) is 0.170. The molecule has 2 saturated carbocycles. The first-order valence-electron chi connectivity index (χ1n) is 10.0. The van der Waals surface area contributed by atoms with Crippen molar-refractivity contribution in [1.82, 2.24) is 9.62 Å². The van der Waals surface area contributed by atoms with Crippen molar-refractivity contribution in [2.24, 2.45) is 17.8 Å². The maximum atomic E-state index is 14.3. The summed E-state index contributed by atoms with van der Waals surface area (Å²) in [6.07, 6.45) is 4.92. The first-order valence-corrected chi connectivity index (χ1v) is 11.5. The van der Waals surface area contributed by atoms with Crippen molar-refractivity contribution >= 4 is 15.9 Å². The van der Waals surface area contributed by atoms with Crippen molar-refractivity contribution in [2.75, 3.05) is 26.3 Å². The minimum Gasteiger partial charge on any atom is -0.379 e. The summed E-state index contributed by atoms with van der Waals surface area (Å²) in [5, 5.41) is 3.01. The molecule has 1 saturated heterocycles. The molecule has 2 aliphatic carbocycles. The van der Waals surface area contributed by atoms with Crippen LogP contribution in [0.1, 0.15) is 43.0 Å². The number of carbonyl (C=O) groups excluding carboxylic acids is 1. The SMILES string of the molecule is C[C@H](NC(=O)c1ccc(F)c(S(=O)(=O)N2CCOCC2)c1)[C@H]1C[C@H]2CC[C@H]1C2. The van der Waals surface area contributed by atoms with Gasteiger partial charge in [0.25, 0.3) is 5.91 Å². The number of fused-ring (bicyclic) bond motifs is 2. The van der Waals surface area contributed by atoms with Gasteiger partial charge in [-0.1, -0.05) is 6.42 Å². The van der Waals surface area contributed by atoms with Crippen molar-refractivity contribution in [1.29, 1.82) is 0 Å². The summed E-state index contributed by atoms with van der Waals surface area (Å²) in [5.74, 6) is 0.730. The summed E-state index contributed by atoms with van der Waals surface area (Å²) in [6.45, 7) is 2.93. The zero-order valence-electron chi connectivity index (χ0n) is 16.1. The van der Waals surface area contributed by atoms with E-state index in [-0.39, 0.29) is 43.8 Å². The van der Waals surface area contributed by atoms with E-state index in [9.17, 15) is 17.6 Å². The van der Waals surface area contributed by atoms with Crippen LogP contribution in [0.25, 0.3) is 0 Å². The molecule has 8 heteroatoms. The molecule has 3 aliphatic rings. The van der Waals surface area contributed by atoms with E-state index in [0.717, 1.165) is 24.5 Å². The Kier molecular flexibility index (Phi) is 5.46. The van der Waals surface area contributed by atoms with Gasteiger partial charge >= 0.3 is 0 Å². The van der Waals surface area contributed by atoms with E-state index in [4.69, 9.17) is 4.74 Å². The van der Waals surface area contributed by atoms with Gasteiger partial charge in [-0.05, 0) is 62.1 Å². The van der Waals surface area contributed by atoms with Crippen molar-refractivity contribution in [3.8, 4) is 0 Å². The van der Waals surface area contributed by atoms with Crippen molar-refractivity contribution < 1.29 is 22.3 Å². The second-order valence-corrected chi connectivity index (χ2v) is 10.2. The van der Waals surface area contributed by atoms with Crippen LogP contribution < -0.4 is 5.32 Å². The van der Waals surface area contributed by atoms with Crippen LogP contribution in [0.2, 0.25) is 0 Å². The van der Waals surface area contributed by atoms with Gasteiger partial charge in [0.2, 0.25) is 10.0 Å². The van der Waals surface area contributed by atoms with Gasteiger partial charge in [-0.3, -0.25) is 4.79 Å².